The monoisotopic (exact) mass is 687 g/mol. The molecule has 2 bridgehead atoms. The molecule has 3 heterocycles. The number of benzene rings is 1. The van der Waals surface area contributed by atoms with Crippen molar-refractivity contribution in [3.8, 4) is 0 Å². The summed E-state index contributed by atoms with van der Waals surface area (Å²) in [6.07, 6.45) is 6.98. The highest BCUT2D eigenvalue weighted by Crippen LogP contribution is 2.68. The maximum atomic E-state index is 15.0. The van der Waals surface area contributed by atoms with Crippen LogP contribution in [0.5, 0.6) is 0 Å². The van der Waals surface area contributed by atoms with Crippen LogP contribution in [0.15, 0.2) is 55.6 Å². The summed E-state index contributed by atoms with van der Waals surface area (Å²) in [5.41, 5.74) is 0.262. The number of nitrogens with zero attached hydrogens (tertiary/aromatic N) is 3. The van der Waals surface area contributed by atoms with Gasteiger partial charge in [0.25, 0.3) is 0 Å². The molecule has 3 unspecified atom stereocenters. The van der Waals surface area contributed by atoms with Crippen LogP contribution in [0.3, 0.4) is 0 Å². The Kier molecular flexibility index (Phi) is 10.8. The number of aliphatic hydroxyl groups excluding tert-OH is 1. The van der Waals surface area contributed by atoms with Crippen molar-refractivity contribution in [1.82, 2.24) is 9.80 Å². The lowest BCUT2D eigenvalue weighted by atomic mass is 9.70. The molecule has 9 heteroatoms. The van der Waals surface area contributed by atoms with Crippen LogP contribution in [0.2, 0.25) is 0 Å². The first-order valence-electron chi connectivity index (χ1n) is 15.9. The summed E-state index contributed by atoms with van der Waals surface area (Å²) in [5, 5.41) is 9.26. The third-order valence-electron chi connectivity index (χ3n) is 9.28. The van der Waals surface area contributed by atoms with E-state index in [4.69, 9.17) is 0 Å². The zero-order chi connectivity index (χ0) is 32.4. The van der Waals surface area contributed by atoms with Crippen LogP contribution in [-0.2, 0) is 14.4 Å². The molecular formula is C35H50BrN3O4S. The number of alkyl halides is 1. The number of thioether (sulfide) groups is 1. The molecule has 0 aromatic heterocycles. The van der Waals surface area contributed by atoms with E-state index >= 15 is 0 Å². The highest BCUT2D eigenvalue weighted by atomic mass is 79.9. The van der Waals surface area contributed by atoms with Crippen molar-refractivity contribution in [2.24, 2.45) is 17.3 Å². The van der Waals surface area contributed by atoms with Crippen LogP contribution >= 0.6 is 27.7 Å². The highest BCUT2D eigenvalue weighted by Gasteiger charge is 2.76. The predicted octanol–water partition coefficient (Wildman–Crippen LogP) is 6.06. The van der Waals surface area contributed by atoms with Gasteiger partial charge in [0.2, 0.25) is 17.7 Å². The number of likely N-dealkylation sites (tertiary alicyclic amines) is 1. The van der Waals surface area contributed by atoms with Crippen molar-refractivity contribution in [2.75, 3.05) is 31.1 Å². The predicted molar refractivity (Wildman–Crippen MR) is 184 cm³/mol. The molecular weight excluding hydrogens is 638 g/mol. The molecule has 0 aliphatic carbocycles. The standard InChI is InChI=1S/C35H50BrN3O4S/c1-8-18-37(24-16-12-10-13-17-24)30(41)26-27-31(42)38(20-14-11-15-21-40)29(35(27)22-25(36)28(26)44-35)32(43)39(19-9-2)34(6,7)23-33(3,4)5/h8-10,12-13,16-17,25-29,40H,1-2,11,14-15,18-23H2,3-7H3/t25?,26-,27-,28-,29?,35?/m0/s1. The van der Waals surface area contributed by atoms with E-state index in [0.29, 0.717) is 38.9 Å². The Morgan fingerprint density at radius 2 is 1.73 bits per heavy atom. The number of aliphatic hydroxyl groups is 1. The molecule has 6 atom stereocenters. The number of halogens is 1. The summed E-state index contributed by atoms with van der Waals surface area (Å²) in [6.45, 7) is 19.8. The number of hydrogen-bond donors (Lipinski definition) is 1. The van der Waals surface area contributed by atoms with E-state index in [1.54, 1.807) is 33.7 Å². The van der Waals surface area contributed by atoms with E-state index in [1.807, 2.05) is 35.2 Å². The molecule has 1 N–H and O–H groups in total. The Labute approximate surface area is 276 Å². The number of hydrogen-bond acceptors (Lipinski definition) is 5. The third-order valence-corrected chi connectivity index (χ3v) is 12.5. The number of rotatable bonds is 14. The summed E-state index contributed by atoms with van der Waals surface area (Å²) >= 11 is 5.58. The fraction of sp³-hybridized carbons (Fsp3) is 0.629. The lowest BCUT2D eigenvalue weighted by Gasteiger charge is -2.46. The number of carbonyl (C=O) groups is 3. The van der Waals surface area contributed by atoms with E-state index in [0.717, 1.165) is 18.5 Å². The number of amides is 3. The minimum Gasteiger partial charge on any atom is -0.396 e. The van der Waals surface area contributed by atoms with E-state index in [2.05, 4.69) is 63.7 Å². The second kappa shape index (κ2) is 13.7. The molecule has 1 aromatic carbocycles. The number of carbonyl (C=O) groups excluding carboxylic acids is 3. The summed E-state index contributed by atoms with van der Waals surface area (Å²) in [7, 11) is 0. The van der Waals surface area contributed by atoms with Gasteiger partial charge in [-0.3, -0.25) is 14.4 Å². The van der Waals surface area contributed by atoms with Gasteiger partial charge in [-0.05, 0) is 63.5 Å². The molecule has 3 aliphatic rings. The summed E-state index contributed by atoms with van der Waals surface area (Å²) in [5.74, 6) is -1.43. The fourth-order valence-corrected chi connectivity index (χ4v) is 11.6. The van der Waals surface area contributed by atoms with Gasteiger partial charge in [-0.25, -0.2) is 0 Å². The van der Waals surface area contributed by atoms with Crippen molar-refractivity contribution < 1.29 is 19.5 Å². The average Bonchev–Trinajstić information content (AvgIpc) is 3.54. The number of unbranched alkanes of at least 4 members (excludes halogenated alkanes) is 2. The first-order chi connectivity index (χ1) is 20.7. The van der Waals surface area contributed by atoms with Crippen LogP contribution in [0, 0.1) is 17.3 Å². The number of para-hydroxylation sites is 1. The smallest absolute Gasteiger partial charge is 0.247 e. The molecule has 7 nitrogen and oxygen atoms in total. The molecule has 0 saturated carbocycles. The van der Waals surface area contributed by atoms with Gasteiger partial charge in [0.1, 0.15) is 6.04 Å². The van der Waals surface area contributed by atoms with Crippen LogP contribution in [-0.4, -0.2) is 85.3 Å². The molecule has 3 fully saturated rings. The SMILES string of the molecule is C=CCN(C(=O)[C@H]1[C@H]2C(=O)N(CCCCCO)C(C(=O)N(CC=C)C(C)(C)CC(C)(C)C)C23CC(Br)[C@@H]1S3)c1ccccc1. The van der Waals surface area contributed by atoms with Crippen LogP contribution in [0.25, 0.3) is 0 Å². The van der Waals surface area contributed by atoms with Crippen molar-refractivity contribution in [3.63, 3.8) is 0 Å². The molecule has 4 rings (SSSR count). The van der Waals surface area contributed by atoms with Crippen molar-refractivity contribution in [1.29, 1.82) is 0 Å². The summed E-state index contributed by atoms with van der Waals surface area (Å²) in [6, 6.07) is 8.85. The second-order valence-corrected chi connectivity index (χ2v) is 17.1. The lowest BCUT2D eigenvalue weighted by molar-refractivity contribution is -0.146. The van der Waals surface area contributed by atoms with Gasteiger partial charge in [-0.1, -0.05) is 67.1 Å². The van der Waals surface area contributed by atoms with Gasteiger partial charge in [0, 0.05) is 47.5 Å². The summed E-state index contributed by atoms with van der Waals surface area (Å²) < 4.78 is -0.724. The summed E-state index contributed by atoms with van der Waals surface area (Å²) in [4.78, 5) is 49.6. The fourth-order valence-electron chi connectivity index (χ4n) is 8.05. The molecule has 3 saturated heterocycles. The van der Waals surface area contributed by atoms with E-state index in [9.17, 15) is 19.5 Å². The van der Waals surface area contributed by atoms with Crippen LogP contribution in [0.1, 0.15) is 66.7 Å². The molecule has 44 heavy (non-hydrogen) atoms. The van der Waals surface area contributed by atoms with Crippen LogP contribution in [0.4, 0.5) is 5.69 Å². The maximum Gasteiger partial charge on any atom is 0.247 e. The Hall–Kier alpha value is -2.10. The molecule has 3 amide bonds. The van der Waals surface area contributed by atoms with E-state index in [1.165, 1.54) is 0 Å². The first kappa shape index (κ1) is 34.8. The minimum absolute atomic E-state index is 0.00747. The largest absolute Gasteiger partial charge is 0.396 e. The van der Waals surface area contributed by atoms with Crippen molar-refractivity contribution in [2.45, 2.75) is 93.1 Å². The van der Waals surface area contributed by atoms with Gasteiger partial charge in [-0.15, -0.1) is 24.9 Å². The third kappa shape index (κ3) is 6.57. The Balaban J connectivity index is 1.79. The Morgan fingerprint density at radius 1 is 1.07 bits per heavy atom. The van der Waals surface area contributed by atoms with Crippen molar-refractivity contribution in [3.05, 3.63) is 55.6 Å². The molecule has 242 valence electrons. The Morgan fingerprint density at radius 3 is 2.32 bits per heavy atom. The lowest BCUT2D eigenvalue weighted by Crippen LogP contribution is -2.60. The second-order valence-electron chi connectivity index (χ2n) is 14.3. The van der Waals surface area contributed by atoms with Gasteiger partial charge < -0.3 is 19.8 Å². The highest BCUT2D eigenvalue weighted by molar-refractivity contribution is 9.09. The van der Waals surface area contributed by atoms with E-state index < -0.39 is 28.2 Å². The van der Waals surface area contributed by atoms with Crippen molar-refractivity contribution >= 4 is 51.1 Å². The molecule has 3 aliphatic heterocycles. The Bertz CT molecular complexity index is 1230. The zero-order valence-corrected chi connectivity index (χ0v) is 29.4. The van der Waals surface area contributed by atoms with Gasteiger partial charge >= 0.3 is 0 Å². The van der Waals surface area contributed by atoms with Gasteiger partial charge in [0.05, 0.1) is 16.6 Å². The molecule has 1 spiro atoms. The average molecular weight is 689 g/mol. The number of fused-ring (bicyclic) bond motifs is 1. The van der Waals surface area contributed by atoms with E-state index in [-0.39, 0.29) is 39.8 Å². The maximum absolute atomic E-state index is 15.0. The number of anilines is 1. The quantitative estimate of drug-likeness (QED) is 0.146. The minimum atomic E-state index is -0.724. The normalized spacial score (nSPS) is 27.8. The first-order valence-corrected chi connectivity index (χ1v) is 17.7. The van der Waals surface area contributed by atoms with Gasteiger partial charge in [0.15, 0.2) is 0 Å². The topological polar surface area (TPSA) is 81.2 Å². The molecule has 1 aromatic rings. The van der Waals surface area contributed by atoms with Crippen LogP contribution < -0.4 is 4.90 Å². The van der Waals surface area contributed by atoms with Gasteiger partial charge in [-0.2, -0.15) is 0 Å². The molecule has 0 radical (unpaired) electrons. The zero-order valence-electron chi connectivity index (χ0n) is 27.0.